The van der Waals surface area contributed by atoms with Gasteiger partial charge < -0.3 is 4.74 Å². The highest BCUT2D eigenvalue weighted by molar-refractivity contribution is 5.99. The summed E-state index contributed by atoms with van der Waals surface area (Å²) < 4.78 is 5.40. The molecule has 1 heterocycles. The van der Waals surface area contributed by atoms with Crippen LogP contribution in [0.25, 0.3) is 0 Å². The summed E-state index contributed by atoms with van der Waals surface area (Å²) in [6.45, 7) is 5.03. The maximum absolute atomic E-state index is 12.3. The quantitative estimate of drug-likeness (QED) is 0.485. The fraction of sp³-hybridized carbons (Fsp3) is 0.647. The van der Waals surface area contributed by atoms with Gasteiger partial charge in [-0.1, -0.05) is 13.0 Å². The predicted octanol–water partition coefficient (Wildman–Crippen LogP) is 1.68. The molecule has 1 saturated carbocycles. The Balaban J connectivity index is 2.09. The minimum absolute atomic E-state index is 0.0567. The fourth-order valence-electron chi connectivity index (χ4n) is 3.55. The van der Waals surface area contributed by atoms with Crippen LogP contribution >= 0.6 is 0 Å². The summed E-state index contributed by atoms with van der Waals surface area (Å²) in [6, 6.07) is 0. The molecule has 1 saturated heterocycles. The normalized spacial score (nSPS) is 31.2. The number of Topliss-reactive ketones (excluding diaryl/α,β-unsaturated/α-hetero) is 1. The molecule has 2 unspecified atom stereocenters. The molecule has 2 aliphatic rings. The van der Waals surface area contributed by atoms with E-state index in [0.717, 1.165) is 0 Å². The number of carbonyl (C=O) groups excluding carboxylic acids is 4. The van der Waals surface area contributed by atoms with Crippen molar-refractivity contribution in [2.75, 3.05) is 0 Å². The molecule has 2 atom stereocenters. The van der Waals surface area contributed by atoms with E-state index < -0.39 is 5.60 Å². The van der Waals surface area contributed by atoms with Gasteiger partial charge in [0.25, 0.3) is 0 Å². The van der Waals surface area contributed by atoms with Gasteiger partial charge in [0.05, 0.1) is 0 Å². The third-order valence-electron chi connectivity index (χ3n) is 4.38. The Labute approximate surface area is 135 Å². The van der Waals surface area contributed by atoms with Crippen molar-refractivity contribution in [2.45, 2.75) is 58.5 Å². The minimum atomic E-state index is -0.676. The molecular weight excluding hydrogens is 298 g/mol. The summed E-state index contributed by atoms with van der Waals surface area (Å²) in [6.07, 6.45) is 3.79. The Morgan fingerprint density at radius 1 is 1.30 bits per heavy atom. The molecule has 0 spiro atoms. The number of esters is 1. The Kier molecular flexibility index (Phi) is 5.02. The number of rotatable bonds is 3. The number of hydrogen-bond acceptors (Lipinski definition) is 5. The molecule has 0 aromatic heterocycles. The average Bonchev–Trinajstić information content (AvgIpc) is 2.39. The van der Waals surface area contributed by atoms with Crippen LogP contribution in [0.2, 0.25) is 0 Å². The Hall–Kier alpha value is -1.98. The van der Waals surface area contributed by atoms with Crippen molar-refractivity contribution < 1.29 is 23.9 Å². The molecule has 126 valence electrons. The van der Waals surface area contributed by atoms with Crippen LogP contribution in [0.4, 0.5) is 0 Å². The van der Waals surface area contributed by atoms with E-state index in [9.17, 15) is 19.2 Å². The molecule has 6 nitrogen and oxygen atoms in total. The van der Waals surface area contributed by atoms with E-state index >= 15 is 0 Å². The standard InChI is InChI=1S/C17H23NO5/c1-10-8-17(3,23-11(2)19)9-13(16(10)22)5-4-12-6-14(20)18-15(21)7-12/h5,10,12H,4,6-9H2,1-3H3,(H,18,20,21). The molecule has 1 aliphatic carbocycles. The van der Waals surface area contributed by atoms with Gasteiger partial charge in [0, 0.05) is 32.1 Å². The van der Waals surface area contributed by atoms with Crippen LogP contribution in [0.5, 0.6) is 0 Å². The zero-order chi connectivity index (χ0) is 17.2. The number of piperidine rings is 1. The van der Waals surface area contributed by atoms with Crippen molar-refractivity contribution in [3.8, 4) is 0 Å². The first-order chi connectivity index (χ1) is 10.7. The van der Waals surface area contributed by atoms with E-state index in [0.29, 0.717) is 37.7 Å². The fourth-order valence-corrected chi connectivity index (χ4v) is 3.55. The highest BCUT2D eigenvalue weighted by Gasteiger charge is 2.40. The highest BCUT2D eigenvalue weighted by atomic mass is 16.6. The van der Waals surface area contributed by atoms with Crippen LogP contribution < -0.4 is 5.32 Å². The SMILES string of the molecule is CC(=O)OC1(C)CC(=CCC2CC(=O)NC(=O)C2)C(=O)C(C)C1. The number of nitrogens with one attached hydrogen (secondary N) is 1. The molecule has 2 fully saturated rings. The lowest BCUT2D eigenvalue weighted by molar-refractivity contribution is -0.159. The second kappa shape index (κ2) is 6.64. The summed E-state index contributed by atoms with van der Waals surface area (Å²) >= 11 is 0. The molecule has 0 aromatic rings. The van der Waals surface area contributed by atoms with Gasteiger partial charge in [-0.3, -0.25) is 24.5 Å². The van der Waals surface area contributed by atoms with Crippen molar-refractivity contribution in [1.29, 1.82) is 0 Å². The van der Waals surface area contributed by atoms with Gasteiger partial charge in [-0.15, -0.1) is 0 Å². The van der Waals surface area contributed by atoms with E-state index in [-0.39, 0.29) is 35.4 Å². The Morgan fingerprint density at radius 3 is 2.48 bits per heavy atom. The van der Waals surface area contributed by atoms with Crippen molar-refractivity contribution >= 4 is 23.6 Å². The van der Waals surface area contributed by atoms with Gasteiger partial charge >= 0.3 is 5.97 Å². The van der Waals surface area contributed by atoms with Gasteiger partial charge in [-0.25, -0.2) is 0 Å². The van der Waals surface area contributed by atoms with E-state index in [4.69, 9.17) is 4.74 Å². The zero-order valence-corrected chi connectivity index (χ0v) is 13.8. The van der Waals surface area contributed by atoms with Crippen LogP contribution in [-0.4, -0.2) is 29.2 Å². The number of imide groups is 1. The van der Waals surface area contributed by atoms with Crippen LogP contribution in [0.15, 0.2) is 11.6 Å². The molecule has 0 radical (unpaired) electrons. The molecule has 23 heavy (non-hydrogen) atoms. The van der Waals surface area contributed by atoms with Crippen LogP contribution in [-0.2, 0) is 23.9 Å². The summed E-state index contributed by atoms with van der Waals surface area (Å²) in [5.41, 5.74) is -0.0453. The number of allylic oxidation sites excluding steroid dienone is 1. The van der Waals surface area contributed by atoms with Gasteiger partial charge in [-0.05, 0) is 31.3 Å². The van der Waals surface area contributed by atoms with E-state index in [2.05, 4.69) is 5.32 Å². The lowest BCUT2D eigenvalue weighted by Crippen LogP contribution is -2.41. The van der Waals surface area contributed by atoms with Crippen molar-refractivity contribution in [3.05, 3.63) is 11.6 Å². The van der Waals surface area contributed by atoms with Crippen molar-refractivity contribution in [3.63, 3.8) is 0 Å². The summed E-state index contributed by atoms with van der Waals surface area (Å²) in [4.78, 5) is 46.4. The molecule has 0 aromatic carbocycles. The number of ketones is 1. The molecule has 1 aliphatic heterocycles. The van der Waals surface area contributed by atoms with Gasteiger partial charge in [-0.2, -0.15) is 0 Å². The number of amides is 2. The van der Waals surface area contributed by atoms with Crippen LogP contribution in [0.3, 0.4) is 0 Å². The molecule has 1 N–H and O–H groups in total. The smallest absolute Gasteiger partial charge is 0.303 e. The van der Waals surface area contributed by atoms with Gasteiger partial charge in [0.15, 0.2) is 5.78 Å². The summed E-state index contributed by atoms with van der Waals surface area (Å²) in [7, 11) is 0. The first-order valence-electron chi connectivity index (χ1n) is 7.94. The summed E-state index contributed by atoms with van der Waals surface area (Å²) in [5.74, 6) is -1.12. The third-order valence-corrected chi connectivity index (χ3v) is 4.38. The maximum atomic E-state index is 12.3. The monoisotopic (exact) mass is 321 g/mol. The lowest BCUT2D eigenvalue weighted by atomic mass is 9.75. The summed E-state index contributed by atoms with van der Waals surface area (Å²) in [5, 5.41) is 2.27. The molecule has 2 rings (SSSR count). The third kappa shape index (κ3) is 4.50. The van der Waals surface area contributed by atoms with E-state index in [1.165, 1.54) is 6.92 Å². The first kappa shape index (κ1) is 17.4. The lowest BCUT2D eigenvalue weighted by Gasteiger charge is -2.37. The Bertz CT molecular complexity index is 564. The second-order valence-corrected chi connectivity index (χ2v) is 6.90. The topological polar surface area (TPSA) is 89.5 Å². The van der Waals surface area contributed by atoms with E-state index in [1.54, 1.807) is 0 Å². The molecule has 6 heteroatoms. The minimum Gasteiger partial charge on any atom is -0.459 e. The molecule has 0 bridgehead atoms. The number of ether oxygens (including phenoxy) is 1. The zero-order valence-electron chi connectivity index (χ0n) is 13.8. The van der Waals surface area contributed by atoms with Crippen LogP contribution in [0, 0.1) is 11.8 Å². The highest BCUT2D eigenvalue weighted by Crippen LogP contribution is 2.36. The molecule has 2 amide bonds. The Morgan fingerprint density at radius 2 is 1.91 bits per heavy atom. The van der Waals surface area contributed by atoms with E-state index in [1.807, 2.05) is 19.9 Å². The number of carbonyl (C=O) groups is 4. The maximum Gasteiger partial charge on any atom is 0.303 e. The predicted molar refractivity (Wildman–Crippen MR) is 82.1 cm³/mol. The van der Waals surface area contributed by atoms with Crippen molar-refractivity contribution in [2.24, 2.45) is 11.8 Å². The van der Waals surface area contributed by atoms with Gasteiger partial charge in [0.1, 0.15) is 5.60 Å². The largest absolute Gasteiger partial charge is 0.459 e. The second-order valence-electron chi connectivity index (χ2n) is 6.90. The molecular formula is C17H23NO5. The average molecular weight is 321 g/mol. The number of hydrogen-bond donors (Lipinski definition) is 1. The first-order valence-corrected chi connectivity index (χ1v) is 7.94. The van der Waals surface area contributed by atoms with Crippen molar-refractivity contribution in [1.82, 2.24) is 5.32 Å². The van der Waals surface area contributed by atoms with Gasteiger partial charge in [0.2, 0.25) is 11.8 Å². The van der Waals surface area contributed by atoms with Crippen LogP contribution in [0.1, 0.15) is 52.9 Å².